The van der Waals surface area contributed by atoms with Crippen LogP contribution in [0.3, 0.4) is 0 Å². The van der Waals surface area contributed by atoms with E-state index in [9.17, 15) is 14.4 Å². The average molecular weight is 256 g/mol. The van der Waals surface area contributed by atoms with Gasteiger partial charge in [0.05, 0.1) is 7.11 Å². The van der Waals surface area contributed by atoms with Gasteiger partial charge in [0.1, 0.15) is 5.78 Å². The topological polar surface area (TPSA) is 75.7 Å². The molecule has 0 spiro atoms. The second kappa shape index (κ2) is 6.98. The number of likely N-dealkylation sites (tertiary alicyclic amines) is 1. The van der Waals surface area contributed by atoms with Gasteiger partial charge in [-0.15, -0.1) is 0 Å². The highest BCUT2D eigenvalue weighted by molar-refractivity contribution is 5.83. The van der Waals surface area contributed by atoms with Gasteiger partial charge >= 0.3 is 6.09 Å². The Morgan fingerprint density at radius 3 is 2.33 bits per heavy atom. The maximum Gasteiger partial charge on any atom is 0.409 e. The van der Waals surface area contributed by atoms with Crippen molar-refractivity contribution in [1.82, 2.24) is 10.2 Å². The van der Waals surface area contributed by atoms with Crippen LogP contribution in [0, 0.1) is 0 Å². The van der Waals surface area contributed by atoms with Crippen LogP contribution in [0.4, 0.5) is 4.79 Å². The monoisotopic (exact) mass is 256 g/mol. The SMILES string of the molecule is COC(=O)N1CCC(NC(=O)CCC(C)=O)CC1. The normalized spacial score (nSPS) is 16.2. The Hall–Kier alpha value is -1.59. The predicted molar refractivity (Wildman–Crippen MR) is 65.1 cm³/mol. The highest BCUT2D eigenvalue weighted by Gasteiger charge is 2.23. The molecular formula is C12H20N2O4. The highest BCUT2D eigenvalue weighted by atomic mass is 16.5. The van der Waals surface area contributed by atoms with E-state index in [4.69, 9.17) is 0 Å². The van der Waals surface area contributed by atoms with Crippen LogP contribution in [0.25, 0.3) is 0 Å². The Bertz CT molecular complexity index is 322. The number of rotatable bonds is 4. The second-order valence-electron chi connectivity index (χ2n) is 4.50. The second-order valence-corrected chi connectivity index (χ2v) is 4.50. The number of hydrogen-bond donors (Lipinski definition) is 1. The first kappa shape index (κ1) is 14.5. The molecule has 102 valence electrons. The molecule has 1 heterocycles. The van der Waals surface area contributed by atoms with Gasteiger partial charge in [-0.3, -0.25) is 4.79 Å². The molecule has 6 heteroatoms. The van der Waals surface area contributed by atoms with Gasteiger partial charge in [0.25, 0.3) is 0 Å². The Balaban J connectivity index is 2.25. The van der Waals surface area contributed by atoms with E-state index in [0.29, 0.717) is 13.1 Å². The Kier molecular flexibility index (Phi) is 5.61. The summed E-state index contributed by atoms with van der Waals surface area (Å²) in [6.45, 7) is 2.65. The Morgan fingerprint density at radius 1 is 1.22 bits per heavy atom. The van der Waals surface area contributed by atoms with E-state index in [2.05, 4.69) is 10.1 Å². The van der Waals surface area contributed by atoms with Crippen LogP contribution in [-0.4, -0.2) is 48.9 Å². The third-order valence-electron chi connectivity index (χ3n) is 3.00. The molecule has 0 atom stereocenters. The van der Waals surface area contributed by atoms with E-state index in [1.54, 1.807) is 4.90 Å². The average Bonchev–Trinajstić information content (AvgIpc) is 2.36. The molecule has 0 unspecified atom stereocenters. The van der Waals surface area contributed by atoms with Gasteiger partial charge in [-0.05, 0) is 19.8 Å². The minimum Gasteiger partial charge on any atom is -0.453 e. The minimum absolute atomic E-state index is 0.0191. The van der Waals surface area contributed by atoms with Crippen molar-refractivity contribution in [2.75, 3.05) is 20.2 Å². The van der Waals surface area contributed by atoms with Crippen LogP contribution in [0.2, 0.25) is 0 Å². The molecule has 1 rings (SSSR count). The van der Waals surface area contributed by atoms with Crippen molar-refractivity contribution in [3.05, 3.63) is 0 Å². The summed E-state index contributed by atoms with van der Waals surface area (Å²) < 4.78 is 4.63. The zero-order valence-electron chi connectivity index (χ0n) is 10.9. The zero-order chi connectivity index (χ0) is 13.5. The summed E-state index contributed by atoms with van der Waals surface area (Å²) in [6.07, 6.45) is 1.65. The molecule has 0 aromatic carbocycles. The van der Waals surface area contributed by atoms with E-state index in [1.165, 1.54) is 14.0 Å². The maximum absolute atomic E-state index is 11.5. The Labute approximate surface area is 107 Å². The molecule has 1 fully saturated rings. The number of hydrogen-bond acceptors (Lipinski definition) is 4. The van der Waals surface area contributed by atoms with Crippen molar-refractivity contribution in [3.63, 3.8) is 0 Å². The van der Waals surface area contributed by atoms with E-state index < -0.39 is 0 Å². The van der Waals surface area contributed by atoms with Crippen molar-refractivity contribution < 1.29 is 19.1 Å². The van der Waals surface area contributed by atoms with Gasteiger partial charge in [-0.25, -0.2) is 4.79 Å². The molecule has 0 aromatic heterocycles. The molecule has 0 aromatic rings. The first-order valence-electron chi connectivity index (χ1n) is 6.14. The van der Waals surface area contributed by atoms with E-state index >= 15 is 0 Å². The quantitative estimate of drug-likeness (QED) is 0.803. The molecule has 1 aliphatic rings. The van der Waals surface area contributed by atoms with Crippen molar-refractivity contribution in [3.8, 4) is 0 Å². The van der Waals surface area contributed by atoms with Crippen molar-refractivity contribution in [2.24, 2.45) is 0 Å². The van der Waals surface area contributed by atoms with Crippen LogP contribution in [0.15, 0.2) is 0 Å². The molecule has 2 amide bonds. The zero-order valence-corrected chi connectivity index (χ0v) is 10.9. The summed E-state index contributed by atoms with van der Waals surface area (Å²) in [4.78, 5) is 35.1. The molecule has 0 saturated carbocycles. The summed E-state index contributed by atoms with van der Waals surface area (Å²) in [5.74, 6) is -0.0765. The van der Waals surface area contributed by atoms with Gasteiger partial charge < -0.3 is 19.7 Å². The first-order valence-corrected chi connectivity index (χ1v) is 6.14. The molecule has 6 nitrogen and oxygen atoms in total. The fourth-order valence-corrected chi connectivity index (χ4v) is 1.92. The van der Waals surface area contributed by atoms with Crippen molar-refractivity contribution in [2.45, 2.75) is 38.6 Å². The minimum atomic E-state index is -0.323. The summed E-state index contributed by atoms with van der Waals surface area (Å²) in [6, 6.07) is 0.0883. The van der Waals surface area contributed by atoms with Crippen molar-refractivity contribution >= 4 is 17.8 Å². The number of nitrogens with one attached hydrogen (secondary N) is 1. The highest BCUT2D eigenvalue weighted by Crippen LogP contribution is 2.11. The Morgan fingerprint density at radius 2 is 1.83 bits per heavy atom. The number of methoxy groups -OCH3 is 1. The molecule has 0 radical (unpaired) electrons. The van der Waals surface area contributed by atoms with Crippen LogP contribution in [0.1, 0.15) is 32.6 Å². The summed E-state index contributed by atoms with van der Waals surface area (Å²) >= 11 is 0. The summed E-state index contributed by atoms with van der Waals surface area (Å²) in [5, 5.41) is 2.88. The molecule has 1 N–H and O–H groups in total. The van der Waals surface area contributed by atoms with Crippen LogP contribution >= 0.6 is 0 Å². The third-order valence-corrected chi connectivity index (χ3v) is 3.00. The molecule has 0 aliphatic carbocycles. The van der Waals surface area contributed by atoms with Crippen LogP contribution < -0.4 is 5.32 Å². The number of ether oxygens (including phenoxy) is 1. The van der Waals surface area contributed by atoms with Crippen LogP contribution in [-0.2, 0) is 14.3 Å². The lowest BCUT2D eigenvalue weighted by Crippen LogP contribution is -2.46. The lowest BCUT2D eigenvalue weighted by molar-refractivity contribution is -0.125. The number of piperidine rings is 1. The van der Waals surface area contributed by atoms with E-state index in [1.807, 2.05) is 0 Å². The van der Waals surface area contributed by atoms with Gasteiger partial charge in [0.15, 0.2) is 0 Å². The molecule has 1 saturated heterocycles. The lowest BCUT2D eigenvalue weighted by Gasteiger charge is -2.31. The van der Waals surface area contributed by atoms with E-state index in [-0.39, 0.29) is 36.7 Å². The summed E-state index contributed by atoms with van der Waals surface area (Å²) in [5.41, 5.74) is 0. The van der Waals surface area contributed by atoms with Gasteiger partial charge in [0, 0.05) is 32.0 Å². The number of ketones is 1. The van der Waals surface area contributed by atoms with Crippen molar-refractivity contribution in [1.29, 1.82) is 0 Å². The molecule has 1 aliphatic heterocycles. The van der Waals surface area contributed by atoms with Gasteiger partial charge in [-0.1, -0.05) is 0 Å². The third kappa shape index (κ3) is 4.73. The fourth-order valence-electron chi connectivity index (χ4n) is 1.92. The summed E-state index contributed by atoms with van der Waals surface area (Å²) in [7, 11) is 1.36. The molecule has 0 bridgehead atoms. The molecule has 18 heavy (non-hydrogen) atoms. The number of amides is 2. The standard InChI is InChI=1S/C12H20N2O4/c1-9(15)3-4-11(16)13-10-5-7-14(8-6-10)12(17)18-2/h10H,3-8H2,1-2H3,(H,13,16). The number of carbonyl (C=O) groups is 3. The van der Waals surface area contributed by atoms with E-state index in [0.717, 1.165) is 12.8 Å². The first-order chi connectivity index (χ1) is 8.52. The smallest absolute Gasteiger partial charge is 0.409 e. The number of carbonyl (C=O) groups excluding carboxylic acids is 3. The number of nitrogens with zero attached hydrogens (tertiary/aromatic N) is 1. The molecular weight excluding hydrogens is 236 g/mol. The predicted octanol–water partition coefficient (Wildman–Crippen LogP) is 0.703. The van der Waals surface area contributed by atoms with Crippen LogP contribution in [0.5, 0.6) is 0 Å². The fraction of sp³-hybridized carbons (Fsp3) is 0.750. The van der Waals surface area contributed by atoms with Gasteiger partial charge in [-0.2, -0.15) is 0 Å². The maximum atomic E-state index is 11.5. The lowest BCUT2D eigenvalue weighted by atomic mass is 10.1. The number of Topliss-reactive ketones (excluding diaryl/α,β-unsaturated/α-hetero) is 1. The van der Waals surface area contributed by atoms with Gasteiger partial charge in [0.2, 0.25) is 5.91 Å². The largest absolute Gasteiger partial charge is 0.453 e.